The van der Waals surface area contributed by atoms with E-state index in [4.69, 9.17) is 20.4 Å². The first kappa shape index (κ1) is 172. The van der Waals surface area contributed by atoms with E-state index >= 15 is 0 Å². The molecule has 10 aromatic heterocycles. The number of furan rings is 1. The molecule has 13 aromatic rings. The largest absolute Gasteiger partial charge is 0.454 e. The number of hydrogen-bond acceptors (Lipinski definition) is 11. The van der Waals surface area contributed by atoms with Crippen molar-refractivity contribution in [2.75, 3.05) is 0 Å². The third-order valence-electron chi connectivity index (χ3n) is 19.0. The number of nitrogens with one attached hydrogen (secondary N) is 3. The Balaban J connectivity index is -0.000000110. The molecule has 0 atom stereocenters. The van der Waals surface area contributed by atoms with Crippen molar-refractivity contribution in [1.82, 2.24) is 49.7 Å². The van der Waals surface area contributed by atoms with Crippen LogP contribution in [-0.4, -0.2) is 49.7 Å². The summed E-state index contributed by atoms with van der Waals surface area (Å²) < 4.78 is 90.8. The van der Waals surface area contributed by atoms with E-state index in [0.717, 1.165) is 48.1 Å². The zero-order valence-corrected chi connectivity index (χ0v) is 97.5. The van der Waals surface area contributed by atoms with Gasteiger partial charge in [0.25, 0.3) is 0 Å². The van der Waals surface area contributed by atoms with Crippen LogP contribution in [-0.2, 0) is 89.8 Å². The topological polar surface area (TPSA) is 156 Å². The molecule has 3 aromatic carbocycles. The van der Waals surface area contributed by atoms with Crippen molar-refractivity contribution in [3.05, 3.63) is 312 Å². The number of benzene rings is 3. The molecule has 0 amide bonds. The zero-order chi connectivity index (χ0) is 105. The third kappa shape index (κ3) is 71.7. The van der Waals surface area contributed by atoms with Crippen LogP contribution < -0.4 is 0 Å². The number of nitrogens with zero attached hydrogens (tertiary/aromatic N) is 7. The van der Waals surface area contributed by atoms with Crippen LogP contribution in [0.2, 0.25) is 5.02 Å². The summed E-state index contributed by atoms with van der Waals surface area (Å²) in [4.78, 5) is 28.8. The SMILES string of the molecule is C.C.C.C.C.C.C.C.C.C.C.C.C.C.CC(C)(C)c1cc(Br)c[nH]1.CC(C)(C)c1cc(Br)cs1.CC(C)(C)c1ccc(Br)o1.CC(C)(C)c1ccc[nH]1.CC(C)(C)c1cccc(Br)c1.CC(C)(C)c1cccc(C(F)(F)F)c1.CC(C)(C)c1cccc(C(F)(F)F)n1.CC(C)(C)c1cccc(Cl)c1.CC(C)(C)c1cnco1.CC(C)(C)c1cncs1.CC(C)(C)c1nccs1.CC(C)(C)c1ncn[nH]1.Cn1cccc1C(C)(C)C. The Hall–Kier alpha value is -6.97. The molecule has 862 valence electrons. The lowest BCUT2D eigenvalue weighted by atomic mass is 9.86. The van der Waals surface area contributed by atoms with Gasteiger partial charge in [0, 0.05) is 143 Å². The standard InChI is InChI=1S/C11H13F3.C10H13Br.C10H13Cl.C10H12F3N.C9H15N.C8H12BrN.C8H11BrO.C8H11BrS.C8H13N.C7H11NO.2C7H11NS.C6H11N3.14CH4/c1-10(2,3)8-5-4-6-9(7-8)11(12,13)14;2*1-10(2,3)8-5-4-6-9(11)7-8;1-9(2,3)7-5-4-6-8(14-7)10(11,12)13;1-9(2,3)8-6-5-7-10(8)4;1-8(2,3)7-4-6(9)5-10-7;1-8(2,3)6-4-5-7(9)10-6;1-8(2,3)7-4-6(9)5-10-7;1-8(2,3)7-5-4-6-9-7;2*1-7(2,3)6-4-8-5-9-6;1-7(2,3)6-8-4-5-9-6;1-6(2,3)5-7-4-8-9-5;;;;;;;;;;;;;;/h4-7H,1-3H3;2*4-7H,1-3H3;4-6H,1-3H3;5-7H,1-4H3;4-5,10H,1-3H3;2*4-5H,1-3H3;4-6,9H,1-3H3;3*4-5H,1-3H3;4H,1-3H3,(H,7,8,9);14*1H4. The summed E-state index contributed by atoms with van der Waals surface area (Å²) in [6.45, 7) is 82.9. The molecule has 0 aliphatic heterocycles. The lowest BCUT2D eigenvalue weighted by molar-refractivity contribution is -0.141. The second-order valence-corrected chi connectivity index (χ2v) is 52.4. The lowest BCUT2D eigenvalue weighted by Crippen LogP contribution is -2.17. The maximum atomic E-state index is 12.4. The van der Waals surface area contributed by atoms with Crippen molar-refractivity contribution in [2.24, 2.45) is 7.05 Å². The lowest BCUT2D eigenvalue weighted by Gasteiger charge is -2.20. The number of aromatic amines is 3. The average molecular weight is 2430 g/mol. The summed E-state index contributed by atoms with van der Waals surface area (Å²) in [6.07, 6.45) is 5.92. The van der Waals surface area contributed by atoms with Crippen LogP contribution in [0.3, 0.4) is 0 Å². The van der Waals surface area contributed by atoms with Gasteiger partial charge in [0.15, 0.2) is 11.1 Å². The zero-order valence-electron chi connectivity index (χ0n) is 88.0. The molecule has 3 N–H and O–H groups in total. The number of pyridine rings is 1. The van der Waals surface area contributed by atoms with Crippen LogP contribution in [0.15, 0.2) is 233 Å². The number of alkyl halides is 6. The number of aryl methyl sites for hydroxylation is 1. The fourth-order valence-corrected chi connectivity index (χ4v) is 14.9. The highest BCUT2D eigenvalue weighted by atomic mass is 79.9. The minimum Gasteiger partial charge on any atom is -0.454 e. The molecular weight excluding hydrogens is 2210 g/mol. The fraction of sp³-hybridized carbons (Fsp3) is 0.561. The summed E-state index contributed by atoms with van der Waals surface area (Å²) in [5, 5.41) is 12.7. The van der Waals surface area contributed by atoms with Crippen molar-refractivity contribution >= 4 is 109 Å². The number of thiazole rings is 2. The van der Waals surface area contributed by atoms with Gasteiger partial charge in [-0.25, -0.2) is 19.9 Å². The van der Waals surface area contributed by atoms with Crippen molar-refractivity contribution in [1.29, 1.82) is 0 Å². The molecule has 0 spiro atoms. The first-order valence-corrected chi connectivity index (χ1v) is 51.0. The van der Waals surface area contributed by atoms with Crippen LogP contribution in [0.25, 0.3) is 0 Å². The maximum absolute atomic E-state index is 12.4. The van der Waals surface area contributed by atoms with E-state index in [1.807, 2.05) is 125 Å². The highest BCUT2D eigenvalue weighted by Gasteiger charge is 2.34. The fourth-order valence-electron chi connectivity index (χ4n) is 10.7. The Labute approximate surface area is 961 Å². The Kier molecular flexibility index (Phi) is 85.0. The molecular formula is C123H213Br4ClF6N10O2S3. The smallest absolute Gasteiger partial charge is 0.433 e. The van der Waals surface area contributed by atoms with Gasteiger partial charge in [-0.05, 0) is 183 Å². The molecule has 0 unspecified atom stereocenters. The van der Waals surface area contributed by atoms with Crippen LogP contribution in [0.4, 0.5) is 26.3 Å². The van der Waals surface area contributed by atoms with Crippen LogP contribution in [0.1, 0.15) is 457 Å². The number of thiophene rings is 1. The summed E-state index contributed by atoms with van der Waals surface area (Å²) in [5.74, 6) is 2.88. The van der Waals surface area contributed by atoms with E-state index in [-0.39, 0.29) is 169 Å². The van der Waals surface area contributed by atoms with E-state index in [1.165, 1.54) is 78.4 Å². The maximum Gasteiger partial charge on any atom is 0.433 e. The Morgan fingerprint density at radius 2 is 0.832 bits per heavy atom. The summed E-state index contributed by atoms with van der Waals surface area (Å²) in [6, 6.07) is 42.5. The normalized spacial score (nSPS) is 11.0. The van der Waals surface area contributed by atoms with E-state index in [9.17, 15) is 26.3 Å². The highest BCUT2D eigenvalue weighted by Crippen LogP contribution is 2.37. The molecule has 0 radical (unpaired) electrons. The van der Waals surface area contributed by atoms with Crippen molar-refractivity contribution in [3.8, 4) is 0 Å². The Bertz CT molecular complexity index is 4810. The Morgan fingerprint density at radius 3 is 1.07 bits per heavy atom. The van der Waals surface area contributed by atoms with Gasteiger partial charge in [0.05, 0.1) is 22.3 Å². The second kappa shape index (κ2) is 73.5. The number of H-pyrrole nitrogens is 3. The van der Waals surface area contributed by atoms with Gasteiger partial charge in [0.1, 0.15) is 29.4 Å². The van der Waals surface area contributed by atoms with Gasteiger partial charge >= 0.3 is 12.4 Å². The third-order valence-corrected chi connectivity index (χ3v) is 25.1. The van der Waals surface area contributed by atoms with E-state index in [1.54, 1.807) is 41.0 Å². The van der Waals surface area contributed by atoms with Gasteiger partial charge in [-0.3, -0.25) is 10.1 Å². The number of rotatable bonds is 0. The first-order valence-electron chi connectivity index (χ1n) is 44.9. The minimum atomic E-state index is -4.36. The molecule has 0 aliphatic carbocycles. The second-order valence-electron chi connectivity index (χ2n) is 45.7. The monoisotopic (exact) mass is 2420 g/mol. The van der Waals surface area contributed by atoms with Gasteiger partial charge in [-0.1, -0.05) is 450 Å². The molecule has 12 nitrogen and oxygen atoms in total. The van der Waals surface area contributed by atoms with Gasteiger partial charge < -0.3 is 23.4 Å². The van der Waals surface area contributed by atoms with Gasteiger partial charge in [0.2, 0.25) is 0 Å². The molecule has 0 saturated heterocycles. The number of aromatic nitrogens is 10. The van der Waals surface area contributed by atoms with E-state index < -0.39 is 23.6 Å². The van der Waals surface area contributed by atoms with E-state index in [0.29, 0.717) is 16.7 Å². The molecule has 13 rings (SSSR count). The summed E-state index contributed by atoms with van der Waals surface area (Å²) >= 11 is 24.6. The molecule has 0 fully saturated rings. The van der Waals surface area contributed by atoms with Crippen molar-refractivity contribution < 1.29 is 35.2 Å². The van der Waals surface area contributed by atoms with Gasteiger partial charge in [-0.15, -0.1) is 34.0 Å². The summed E-state index contributed by atoms with van der Waals surface area (Å²) in [5.41, 5.74) is 9.94. The summed E-state index contributed by atoms with van der Waals surface area (Å²) in [7, 11) is 2.08. The van der Waals surface area contributed by atoms with Gasteiger partial charge in [-0.2, -0.15) is 31.4 Å². The molecule has 0 bridgehead atoms. The number of halogens is 11. The van der Waals surface area contributed by atoms with Crippen molar-refractivity contribution in [2.45, 2.75) is 457 Å². The van der Waals surface area contributed by atoms with Crippen molar-refractivity contribution in [3.63, 3.8) is 0 Å². The predicted molar refractivity (Wildman–Crippen MR) is 674 cm³/mol. The molecule has 0 saturated carbocycles. The quantitative estimate of drug-likeness (QED) is 0.127. The van der Waals surface area contributed by atoms with E-state index in [2.05, 4.69) is 421 Å². The first-order chi connectivity index (χ1) is 61.0. The number of oxazole rings is 1. The molecule has 10 heterocycles. The van der Waals surface area contributed by atoms with Crippen LogP contribution in [0.5, 0.6) is 0 Å². The predicted octanol–water partition coefficient (Wildman–Crippen LogP) is 46.5. The molecule has 0 aliphatic rings. The average Bonchev–Trinajstić information content (AvgIpc) is 1.39. The Morgan fingerprint density at radius 1 is 0.362 bits per heavy atom. The minimum absolute atomic E-state index is 0. The molecule has 26 heteroatoms. The highest BCUT2D eigenvalue weighted by molar-refractivity contribution is 9.11. The number of hydrogen-bond donors (Lipinski definition) is 3. The van der Waals surface area contributed by atoms with Crippen LogP contribution >= 0.6 is 109 Å². The molecule has 149 heavy (non-hydrogen) atoms. The van der Waals surface area contributed by atoms with Crippen LogP contribution in [0, 0.1) is 0 Å².